The Hall–Kier alpha value is -1.26. The van der Waals surface area contributed by atoms with Crippen LogP contribution < -0.4 is 0 Å². The van der Waals surface area contributed by atoms with Gasteiger partial charge in [-0.3, -0.25) is 4.79 Å². The highest BCUT2D eigenvalue weighted by atomic mass is 16.4. The van der Waals surface area contributed by atoms with E-state index >= 15 is 0 Å². The molecule has 1 saturated heterocycles. The molecule has 20 heavy (non-hydrogen) atoms. The van der Waals surface area contributed by atoms with Crippen molar-refractivity contribution in [2.75, 3.05) is 20.1 Å². The third-order valence-corrected chi connectivity index (χ3v) is 5.34. The van der Waals surface area contributed by atoms with Gasteiger partial charge in [0.2, 0.25) is 0 Å². The van der Waals surface area contributed by atoms with Crippen LogP contribution in [0.1, 0.15) is 46.0 Å². The van der Waals surface area contributed by atoms with E-state index in [-0.39, 0.29) is 6.03 Å². The third kappa shape index (κ3) is 2.76. The average Bonchev–Trinajstić information content (AvgIpc) is 3.29. The lowest BCUT2D eigenvalue weighted by molar-refractivity contribution is -0.152. The molecule has 2 amide bonds. The van der Waals surface area contributed by atoms with Crippen molar-refractivity contribution in [3.63, 3.8) is 0 Å². The summed E-state index contributed by atoms with van der Waals surface area (Å²) in [6.45, 7) is 5.14. The van der Waals surface area contributed by atoms with Gasteiger partial charge in [0.15, 0.2) is 0 Å². The molecule has 0 aromatic heterocycles. The van der Waals surface area contributed by atoms with Crippen molar-refractivity contribution >= 4 is 12.0 Å². The Morgan fingerprint density at radius 2 is 1.90 bits per heavy atom. The molecule has 0 radical (unpaired) electrons. The predicted molar refractivity (Wildman–Crippen MR) is 76.5 cm³/mol. The van der Waals surface area contributed by atoms with Gasteiger partial charge in [-0.25, -0.2) is 4.79 Å². The Morgan fingerprint density at radius 1 is 1.35 bits per heavy atom. The number of likely N-dealkylation sites (tertiary alicyclic amines) is 1. The van der Waals surface area contributed by atoms with E-state index in [1.807, 2.05) is 23.8 Å². The zero-order valence-corrected chi connectivity index (χ0v) is 12.8. The van der Waals surface area contributed by atoms with Crippen LogP contribution in [0.2, 0.25) is 0 Å². The molecule has 0 bridgehead atoms. The molecule has 0 aromatic rings. The number of carboxylic acid groups (broad SMARTS) is 1. The summed E-state index contributed by atoms with van der Waals surface area (Å²) in [6, 6.07) is 0.347. The fourth-order valence-electron chi connectivity index (χ4n) is 3.14. The maximum absolute atomic E-state index is 12.4. The SMILES string of the molecule is CCC1(C(=O)O)CCN(C(=O)N(C)C(C)C2CC2)CC1. The lowest BCUT2D eigenvalue weighted by Crippen LogP contribution is -2.51. The molecule has 2 aliphatic rings. The third-order valence-electron chi connectivity index (χ3n) is 5.34. The van der Waals surface area contributed by atoms with E-state index in [9.17, 15) is 14.7 Å². The molecule has 1 aliphatic heterocycles. The first-order chi connectivity index (χ1) is 9.41. The number of amides is 2. The smallest absolute Gasteiger partial charge is 0.319 e. The number of rotatable bonds is 4. The van der Waals surface area contributed by atoms with Crippen LogP contribution in [0.5, 0.6) is 0 Å². The Morgan fingerprint density at radius 3 is 2.30 bits per heavy atom. The minimum absolute atomic E-state index is 0.0551. The van der Waals surface area contributed by atoms with Crippen molar-refractivity contribution in [3.05, 3.63) is 0 Å². The maximum Gasteiger partial charge on any atom is 0.319 e. The topological polar surface area (TPSA) is 60.9 Å². The quantitative estimate of drug-likeness (QED) is 0.861. The summed E-state index contributed by atoms with van der Waals surface area (Å²) in [4.78, 5) is 27.5. The van der Waals surface area contributed by atoms with E-state index in [1.54, 1.807) is 0 Å². The molecule has 1 N–H and O–H groups in total. The van der Waals surface area contributed by atoms with Gasteiger partial charge >= 0.3 is 12.0 Å². The molecule has 1 aliphatic carbocycles. The van der Waals surface area contributed by atoms with E-state index in [0.717, 1.165) is 0 Å². The second-order valence-corrected chi connectivity index (χ2v) is 6.40. The molecule has 1 unspecified atom stereocenters. The molecule has 5 nitrogen and oxygen atoms in total. The molecule has 1 atom stereocenters. The van der Waals surface area contributed by atoms with E-state index in [2.05, 4.69) is 6.92 Å². The highest BCUT2D eigenvalue weighted by Crippen LogP contribution is 2.37. The summed E-state index contributed by atoms with van der Waals surface area (Å²) in [7, 11) is 1.87. The highest BCUT2D eigenvalue weighted by Gasteiger charge is 2.42. The van der Waals surface area contributed by atoms with Crippen molar-refractivity contribution in [1.82, 2.24) is 9.80 Å². The number of carboxylic acids is 1. The largest absolute Gasteiger partial charge is 0.481 e. The van der Waals surface area contributed by atoms with Crippen LogP contribution in [0.3, 0.4) is 0 Å². The summed E-state index contributed by atoms with van der Waals surface area (Å²) < 4.78 is 0. The van der Waals surface area contributed by atoms with Gasteiger partial charge in [0.05, 0.1) is 5.41 Å². The summed E-state index contributed by atoms with van der Waals surface area (Å²) >= 11 is 0. The number of hydrogen-bond acceptors (Lipinski definition) is 2. The second kappa shape index (κ2) is 5.62. The number of piperidine rings is 1. The molecule has 2 fully saturated rings. The van der Waals surface area contributed by atoms with E-state index in [1.165, 1.54) is 12.8 Å². The fourth-order valence-corrected chi connectivity index (χ4v) is 3.14. The van der Waals surface area contributed by atoms with Crippen molar-refractivity contribution in [3.8, 4) is 0 Å². The van der Waals surface area contributed by atoms with E-state index in [0.29, 0.717) is 44.3 Å². The molecule has 1 heterocycles. The van der Waals surface area contributed by atoms with Gasteiger partial charge in [0.1, 0.15) is 0 Å². The molecule has 0 spiro atoms. The predicted octanol–water partition coefficient (Wildman–Crippen LogP) is 2.41. The Balaban J connectivity index is 1.92. The second-order valence-electron chi connectivity index (χ2n) is 6.40. The summed E-state index contributed by atoms with van der Waals surface area (Å²) in [6.07, 6.45) is 4.21. The zero-order chi connectivity index (χ0) is 14.9. The number of carbonyl (C=O) groups excluding carboxylic acids is 1. The molecule has 2 rings (SSSR count). The lowest BCUT2D eigenvalue weighted by atomic mass is 9.76. The van der Waals surface area contributed by atoms with Crippen LogP contribution >= 0.6 is 0 Å². The summed E-state index contributed by atoms with van der Waals surface area (Å²) in [5.74, 6) is -0.0608. The zero-order valence-electron chi connectivity index (χ0n) is 12.8. The number of urea groups is 1. The van der Waals surface area contributed by atoms with E-state index < -0.39 is 11.4 Å². The van der Waals surface area contributed by atoms with Crippen LogP contribution in [-0.2, 0) is 4.79 Å². The minimum atomic E-state index is -0.716. The van der Waals surface area contributed by atoms with Crippen LogP contribution in [-0.4, -0.2) is 53.1 Å². The van der Waals surface area contributed by atoms with Gasteiger partial charge in [-0.15, -0.1) is 0 Å². The van der Waals surface area contributed by atoms with Gasteiger partial charge in [-0.2, -0.15) is 0 Å². The van der Waals surface area contributed by atoms with Crippen LogP contribution in [0.4, 0.5) is 4.79 Å². The number of carbonyl (C=O) groups is 2. The number of nitrogens with zero attached hydrogens (tertiary/aromatic N) is 2. The van der Waals surface area contributed by atoms with Crippen LogP contribution in [0, 0.1) is 11.3 Å². The number of hydrogen-bond donors (Lipinski definition) is 1. The molecule has 114 valence electrons. The Kier molecular flexibility index (Phi) is 4.25. The Labute approximate surface area is 120 Å². The highest BCUT2D eigenvalue weighted by molar-refractivity contribution is 5.77. The minimum Gasteiger partial charge on any atom is -0.481 e. The molecule has 5 heteroatoms. The molecule has 1 saturated carbocycles. The lowest BCUT2D eigenvalue weighted by Gasteiger charge is -2.40. The monoisotopic (exact) mass is 282 g/mol. The normalized spacial score (nSPS) is 23.2. The Bertz CT molecular complexity index is 385. The number of aliphatic carboxylic acids is 1. The van der Waals surface area contributed by atoms with Crippen LogP contribution in [0.25, 0.3) is 0 Å². The van der Waals surface area contributed by atoms with Crippen molar-refractivity contribution in [2.24, 2.45) is 11.3 Å². The van der Waals surface area contributed by atoms with Crippen molar-refractivity contribution in [1.29, 1.82) is 0 Å². The first-order valence-electron chi connectivity index (χ1n) is 7.66. The van der Waals surface area contributed by atoms with Gasteiger partial charge < -0.3 is 14.9 Å². The fraction of sp³-hybridized carbons (Fsp3) is 0.867. The first kappa shape index (κ1) is 15.1. The van der Waals surface area contributed by atoms with Gasteiger partial charge in [-0.1, -0.05) is 6.92 Å². The molecule has 0 aromatic carbocycles. The molecular weight excluding hydrogens is 256 g/mol. The van der Waals surface area contributed by atoms with Crippen molar-refractivity contribution in [2.45, 2.75) is 52.0 Å². The summed E-state index contributed by atoms with van der Waals surface area (Å²) in [5, 5.41) is 9.38. The van der Waals surface area contributed by atoms with Crippen molar-refractivity contribution < 1.29 is 14.7 Å². The average molecular weight is 282 g/mol. The van der Waals surface area contributed by atoms with Gasteiger partial charge in [-0.05, 0) is 44.9 Å². The van der Waals surface area contributed by atoms with E-state index in [4.69, 9.17) is 0 Å². The first-order valence-corrected chi connectivity index (χ1v) is 7.66. The van der Waals surface area contributed by atoms with Gasteiger partial charge in [0.25, 0.3) is 0 Å². The maximum atomic E-state index is 12.4. The summed E-state index contributed by atoms with van der Waals surface area (Å²) in [5.41, 5.74) is -0.628. The van der Waals surface area contributed by atoms with Gasteiger partial charge in [0, 0.05) is 26.2 Å². The van der Waals surface area contributed by atoms with Crippen LogP contribution in [0.15, 0.2) is 0 Å². The molecular formula is C15H26N2O3. The standard InChI is InChI=1S/C15H26N2O3/c1-4-15(13(18)19)7-9-17(10-8-15)14(20)16(3)11(2)12-5-6-12/h11-12H,4-10H2,1-3H3,(H,18,19).